The number of unbranched alkanes of at least 4 members (excludes halogenated alkanes) is 17. The van der Waals surface area contributed by atoms with Gasteiger partial charge in [0.25, 0.3) is 0 Å². The molecule has 0 saturated carbocycles. The summed E-state index contributed by atoms with van der Waals surface area (Å²) < 4.78 is 5.91. The fourth-order valence-corrected chi connectivity index (χ4v) is 6.09. The Hall–Kier alpha value is -3.46. The van der Waals surface area contributed by atoms with Gasteiger partial charge in [-0.1, -0.05) is 152 Å². The minimum Gasteiger partial charge on any atom is -0.480 e. The lowest BCUT2D eigenvalue weighted by atomic mass is 10.1. The monoisotopic (exact) mass is 785 g/mol. The molecule has 0 fully saturated rings. The molecule has 0 spiro atoms. The number of hydrogen-bond donors (Lipinski definition) is 4. The SMILES string of the molecule is CC/C=C\C/C=C\C/C=C\C/C=C\C(CCCCCCCC(=O)NCC(=O)NC(CO)C(=O)O)OC(=O)CCCCCCCCC/C=C\CCCCCCCC. The maximum Gasteiger partial charge on any atom is 0.328 e. The highest BCUT2D eigenvalue weighted by atomic mass is 16.5. The lowest BCUT2D eigenvalue weighted by molar-refractivity contribution is -0.147. The number of ether oxygens (including phenoxy) is 1. The van der Waals surface area contributed by atoms with E-state index in [0.717, 1.165) is 77.0 Å². The number of rotatable bonds is 39. The second-order valence-corrected chi connectivity index (χ2v) is 14.8. The van der Waals surface area contributed by atoms with E-state index in [9.17, 15) is 19.2 Å². The van der Waals surface area contributed by atoms with Crippen LogP contribution in [0.2, 0.25) is 0 Å². The van der Waals surface area contributed by atoms with Crippen molar-refractivity contribution in [1.29, 1.82) is 0 Å². The number of carboxylic acids is 1. The van der Waals surface area contributed by atoms with Crippen LogP contribution >= 0.6 is 0 Å². The van der Waals surface area contributed by atoms with E-state index in [1.165, 1.54) is 77.0 Å². The van der Waals surface area contributed by atoms with Gasteiger partial charge in [-0.05, 0) is 83.1 Å². The van der Waals surface area contributed by atoms with Gasteiger partial charge in [0.05, 0.1) is 13.2 Å². The molecule has 2 unspecified atom stereocenters. The summed E-state index contributed by atoms with van der Waals surface area (Å²) in [6, 6.07) is -1.39. The van der Waals surface area contributed by atoms with Crippen LogP contribution in [-0.4, -0.2) is 59.3 Å². The Kier molecular flexibility index (Phi) is 38.6. The second-order valence-electron chi connectivity index (χ2n) is 14.8. The maximum atomic E-state index is 12.8. The Bertz CT molecular complexity index is 1130. The van der Waals surface area contributed by atoms with Crippen molar-refractivity contribution in [3.05, 3.63) is 60.8 Å². The van der Waals surface area contributed by atoms with E-state index in [1.807, 2.05) is 6.08 Å². The lowest BCUT2D eigenvalue weighted by Gasteiger charge is -2.15. The van der Waals surface area contributed by atoms with E-state index in [1.54, 1.807) is 0 Å². The average molecular weight is 785 g/mol. The number of aliphatic carboxylic acids is 1. The summed E-state index contributed by atoms with van der Waals surface area (Å²) in [7, 11) is 0. The van der Waals surface area contributed by atoms with E-state index in [-0.39, 0.29) is 30.9 Å². The van der Waals surface area contributed by atoms with Gasteiger partial charge in [-0.15, -0.1) is 0 Å². The van der Waals surface area contributed by atoms with Crippen LogP contribution in [0.25, 0.3) is 0 Å². The van der Waals surface area contributed by atoms with E-state index in [4.69, 9.17) is 14.9 Å². The summed E-state index contributed by atoms with van der Waals surface area (Å²) in [6.45, 7) is 3.34. The standard InChI is InChI=1S/C47H80N2O7/c1-3-5-7-9-11-13-15-16-17-18-19-20-22-24-26-31-35-39-46(53)56-42(36-32-28-25-23-21-14-12-10-8-6-4-2)37-33-29-27-30-34-38-44(51)48-40-45(52)49-43(41-50)47(54)55/h6,8,12,14,16-17,23,25,32,36,42-43,50H,3-5,7,9-11,13,15,18-22,24,26-31,33-35,37-41H2,1-2H3,(H,48,51)(H,49,52)(H,54,55)/b8-6-,14-12-,17-16-,25-23-,36-32-. The van der Waals surface area contributed by atoms with Crippen LogP contribution in [-0.2, 0) is 23.9 Å². The largest absolute Gasteiger partial charge is 0.480 e. The van der Waals surface area contributed by atoms with Crippen LogP contribution in [0.5, 0.6) is 0 Å². The van der Waals surface area contributed by atoms with Crippen LogP contribution in [0.15, 0.2) is 60.8 Å². The van der Waals surface area contributed by atoms with E-state index < -0.39 is 24.5 Å². The number of carbonyl (C=O) groups excluding carboxylic acids is 3. The highest BCUT2D eigenvalue weighted by Crippen LogP contribution is 2.15. The fourth-order valence-electron chi connectivity index (χ4n) is 6.09. The van der Waals surface area contributed by atoms with Crippen LogP contribution in [0.4, 0.5) is 0 Å². The van der Waals surface area contributed by atoms with Gasteiger partial charge in [0.1, 0.15) is 12.1 Å². The highest BCUT2D eigenvalue weighted by Gasteiger charge is 2.18. The number of carboxylic acid groups (broad SMARTS) is 1. The van der Waals surface area contributed by atoms with Gasteiger partial charge >= 0.3 is 11.9 Å². The Morgan fingerprint density at radius 2 is 1.07 bits per heavy atom. The van der Waals surface area contributed by atoms with E-state index in [2.05, 4.69) is 79.2 Å². The molecule has 2 atom stereocenters. The molecule has 2 amide bonds. The molecule has 0 radical (unpaired) electrons. The number of amides is 2. The van der Waals surface area contributed by atoms with Crippen molar-refractivity contribution >= 4 is 23.8 Å². The molecule has 0 saturated heterocycles. The third-order valence-corrected chi connectivity index (χ3v) is 9.48. The molecule has 56 heavy (non-hydrogen) atoms. The quantitative estimate of drug-likeness (QED) is 0.0276. The highest BCUT2D eigenvalue weighted by molar-refractivity contribution is 5.87. The Balaban J connectivity index is 4.39. The zero-order valence-corrected chi connectivity index (χ0v) is 35.4. The summed E-state index contributed by atoms with van der Waals surface area (Å²) in [5, 5.41) is 22.5. The van der Waals surface area contributed by atoms with Crippen molar-refractivity contribution in [2.24, 2.45) is 0 Å². The number of aliphatic hydroxyl groups excluding tert-OH is 1. The second kappa shape index (κ2) is 41.2. The molecule has 0 aliphatic rings. The zero-order valence-electron chi connectivity index (χ0n) is 35.4. The molecule has 0 aromatic carbocycles. The van der Waals surface area contributed by atoms with Gasteiger partial charge < -0.3 is 25.6 Å². The number of nitrogens with one attached hydrogen (secondary N) is 2. The minimum absolute atomic E-state index is 0.125. The van der Waals surface area contributed by atoms with Crippen LogP contribution in [0, 0.1) is 0 Å². The molecule has 0 rings (SSSR count). The third-order valence-electron chi connectivity index (χ3n) is 9.48. The van der Waals surface area contributed by atoms with Gasteiger partial charge in [0, 0.05) is 12.8 Å². The first kappa shape index (κ1) is 52.5. The van der Waals surface area contributed by atoms with Gasteiger partial charge in [0.15, 0.2) is 0 Å². The zero-order chi connectivity index (χ0) is 41.2. The molecule has 320 valence electrons. The van der Waals surface area contributed by atoms with Gasteiger partial charge in [-0.25, -0.2) is 4.79 Å². The molecule has 0 aromatic heterocycles. The summed E-state index contributed by atoms with van der Waals surface area (Å²) >= 11 is 0. The molecular formula is C47H80N2O7. The van der Waals surface area contributed by atoms with Gasteiger partial charge in [0.2, 0.25) is 11.8 Å². The molecule has 0 aliphatic heterocycles. The van der Waals surface area contributed by atoms with Crippen molar-refractivity contribution in [1.82, 2.24) is 10.6 Å². The predicted octanol–water partition coefficient (Wildman–Crippen LogP) is 10.9. The molecule has 4 N–H and O–H groups in total. The lowest BCUT2D eigenvalue weighted by Crippen LogP contribution is -2.47. The summed E-state index contributed by atoms with van der Waals surface area (Å²) in [4.78, 5) is 47.5. The first-order chi connectivity index (χ1) is 27.3. The maximum absolute atomic E-state index is 12.8. The average Bonchev–Trinajstić information content (AvgIpc) is 3.18. The summed E-state index contributed by atoms with van der Waals surface area (Å²) in [5.41, 5.74) is 0. The van der Waals surface area contributed by atoms with Crippen LogP contribution < -0.4 is 10.6 Å². The number of allylic oxidation sites excluding steroid dienone is 9. The van der Waals surface area contributed by atoms with Crippen molar-refractivity contribution in [3.63, 3.8) is 0 Å². The van der Waals surface area contributed by atoms with Crippen molar-refractivity contribution in [3.8, 4) is 0 Å². The van der Waals surface area contributed by atoms with Gasteiger partial charge in [-0.2, -0.15) is 0 Å². The smallest absolute Gasteiger partial charge is 0.328 e. The number of aliphatic hydroxyl groups is 1. The molecule has 0 aliphatic carbocycles. The van der Waals surface area contributed by atoms with Gasteiger partial charge in [-0.3, -0.25) is 14.4 Å². The van der Waals surface area contributed by atoms with Crippen molar-refractivity contribution < 1.29 is 34.1 Å². The third kappa shape index (κ3) is 37.5. The Labute approximate surface area is 341 Å². The number of hydrogen-bond acceptors (Lipinski definition) is 6. The molecule has 0 aromatic rings. The summed E-state index contributed by atoms with van der Waals surface area (Å²) in [5.74, 6) is -2.41. The molecule has 9 heteroatoms. The van der Waals surface area contributed by atoms with Crippen molar-refractivity contribution in [2.45, 2.75) is 199 Å². The van der Waals surface area contributed by atoms with E-state index >= 15 is 0 Å². The molecular weight excluding hydrogens is 705 g/mol. The summed E-state index contributed by atoms with van der Waals surface area (Å²) in [6.07, 6.45) is 49.8. The Morgan fingerprint density at radius 1 is 0.571 bits per heavy atom. The Morgan fingerprint density at radius 3 is 1.62 bits per heavy atom. The minimum atomic E-state index is -1.39. The number of esters is 1. The predicted molar refractivity (Wildman–Crippen MR) is 231 cm³/mol. The van der Waals surface area contributed by atoms with Crippen LogP contribution in [0.1, 0.15) is 187 Å². The first-order valence-corrected chi connectivity index (χ1v) is 22.2. The topological polar surface area (TPSA) is 142 Å². The van der Waals surface area contributed by atoms with Crippen LogP contribution in [0.3, 0.4) is 0 Å². The molecule has 0 heterocycles. The van der Waals surface area contributed by atoms with E-state index in [0.29, 0.717) is 12.8 Å². The van der Waals surface area contributed by atoms with Crippen molar-refractivity contribution in [2.75, 3.05) is 13.2 Å². The first-order valence-electron chi connectivity index (χ1n) is 22.2. The fraction of sp³-hybridized carbons (Fsp3) is 0.702. The molecule has 0 bridgehead atoms. The molecule has 9 nitrogen and oxygen atoms in total. The normalized spacial score (nSPS) is 13.1. The number of carbonyl (C=O) groups is 4.